The first kappa shape index (κ1) is 16.1. The highest BCUT2D eigenvalue weighted by molar-refractivity contribution is 5.85. The number of nitrogens with two attached hydrogens (primary N) is 2. The zero-order chi connectivity index (χ0) is 14.8. The van der Waals surface area contributed by atoms with E-state index in [0.29, 0.717) is 36.0 Å². The molecule has 0 atom stereocenters. The van der Waals surface area contributed by atoms with Gasteiger partial charge in [-0.15, -0.1) is 12.4 Å². The number of nitrogens with one attached hydrogen (secondary N) is 1. The summed E-state index contributed by atoms with van der Waals surface area (Å²) in [6, 6.07) is 5.58. The van der Waals surface area contributed by atoms with Crippen LogP contribution in [0.1, 0.15) is 5.69 Å². The number of aromatic nitrogens is 2. The van der Waals surface area contributed by atoms with Crippen LogP contribution in [0, 0.1) is 0 Å². The molecular formula is C13H18ClN5O3. The Morgan fingerprint density at radius 2 is 2.05 bits per heavy atom. The molecule has 1 aliphatic rings. The minimum Gasteiger partial charge on any atom is -0.454 e. The lowest BCUT2D eigenvalue weighted by molar-refractivity contribution is 0.174. The van der Waals surface area contributed by atoms with Crippen LogP contribution in [0.5, 0.6) is 11.5 Å². The van der Waals surface area contributed by atoms with Crippen molar-refractivity contribution in [1.82, 2.24) is 9.78 Å². The number of aliphatic hydroxyl groups is 1. The first-order chi connectivity index (χ1) is 10.2. The summed E-state index contributed by atoms with van der Waals surface area (Å²) < 4.78 is 12.1. The molecule has 9 heteroatoms. The van der Waals surface area contributed by atoms with Crippen molar-refractivity contribution in [2.45, 2.75) is 13.1 Å². The number of nitrogen functional groups attached to an aromatic ring is 2. The number of nitrogens with zero attached hydrogens (tertiary/aromatic N) is 2. The summed E-state index contributed by atoms with van der Waals surface area (Å²) in [7, 11) is 0. The molecule has 120 valence electrons. The van der Waals surface area contributed by atoms with Crippen molar-refractivity contribution in [2.75, 3.05) is 30.2 Å². The summed E-state index contributed by atoms with van der Waals surface area (Å²) in [5, 5.41) is 16.4. The van der Waals surface area contributed by atoms with Crippen molar-refractivity contribution >= 4 is 29.6 Å². The third kappa shape index (κ3) is 2.97. The van der Waals surface area contributed by atoms with Crippen LogP contribution >= 0.6 is 12.4 Å². The third-order valence-electron chi connectivity index (χ3n) is 3.25. The minimum absolute atomic E-state index is 0. The molecule has 6 N–H and O–H groups in total. The van der Waals surface area contributed by atoms with E-state index in [2.05, 4.69) is 10.4 Å². The Morgan fingerprint density at radius 3 is 2.82 bits per heavy atom. The Hall–Kier alpha value is -2.32. The van der Waals surface area contributed by atoms with Crippen LogP contribution in [0.4, 0.5) is 17.2 Å². The second-order valence-electron chi connectivity index (χ2n) is 4.61. The molecule has 2 aromatic rings. The van der Waals surface area contributed by atoms with E-state index < -0.39 is 0 Å². The fourth-order valence-electron chi connectivity index (χ4n) is 2.13. The second-order valence-corrected chi connectivity index (χ2v) is 4.61. The van der Waals surface area contributed by atoms with Gasteiger partial charge in [0.15, 0.2) is 11.5 Å². The Kier molecular flexibility index (Phi) is 4.84. The van der Waals surface area contributed by atoms with Crippen molar-refractivity contribution in [3.05, 3.63) is 23.9 Å². The van der Waals surface area contributed by atoms with E-state index in [4.69, 9.17) is 26.0 Å². The molecule has 0 spiro atoms. The van der Waals surface area contributed by atoms with Crippen LogP contribution in [-0.4, -0.2) is 28.3 Å². The summed E-state index contributed by atoms with van der Waals surface area (Å²) in [4.78, 5) is 0. The first-order valence-electron chi connectivity index (χ1n) is 6.54. The molecule has 0 bridgehead atoms. The van der Waals surface area contributed by atoms with Crippen LogP contribution in [0.15, 0.2) is 18.2 Å². The van der Waals surface area contributed by atoms with E-state index >= 15 is 0 Å². The third-order valence-corrected chi connectivity index (χ3v) is 3.25. The zero-order valence-electron chi connectivity index (χ0n) is 11.8. The summed E-state index contributed by atoms with van der Waals surface area (Å²) in [6.07, 6.45) is 0. The van der Waals surface area contributed by atoms with Gasteiger partial charge < -0.3 is 31.4 Å². The average Bonchev–Trinajstić information content (AvgIpc) is 3.05. The normalized spacial score (nSPS) is 12.0. The number of aliphatic hydroxyl groups excluding tert-OH is 1. The van der Waals surface area contributed by atoms with Crippen molar-refractivity contribution in [3.63, 3.8) is 0 Å². The van der Waals surface area contributed by atoms with Gasteiger partial charge in [0.25, 0.3) is 0 Å². The SMILES string of the molecule is Cl.Nc1c(CNc2ccc3c(c2)OCO3)nn(CCO)c1N. The first-order valence-corrected chi connectivity index (χ1v) is 6.54. The van der Waals surface area contributed by atoms with E-state index in [0.717, 1.165) is 11.4 Å². The van der Waals surface area contributed by atoms with E-state index in [9.17, 15) is 0 Å². The van der Waals surface area contributed by atoms with Crippen LogP contribution in [0.2, 0.25) is 0 Å². The highest BCUT2D eigenvalue weighted by atomic mass is 35.5. The van der Waals surface area contributed by atoms with Gasteiger partial charge in [-0.25, -0.2) is 4.68 Å². The number of hydrogen-bond acceptors (Lipinski definition) is 7. The Morgan fingerprint density at radius 1 is 1.27 bits per heavy atom. The number of hydrogen-bond donors (Lipinski definition) is 4. The van der Waals surface area contributed by atoms with Gasteiger partial charge in [0, 0.05) is 11.8 Å². The fraction of sp³-hybridized carbons (Fsp3) is 0.308. The maximum atomic E-state index is 8.94. The van der Waals surface area contributed by atoms with E-state index in [-0.39, 0.29) is 25.8 Å². The number of benzene rings is 1. The maximum Gasteiger partial charge on any atom is 0.231 e. The molecule has 0 fully saturated rings. The second kappa shape index (κ2) is 6.63. The van der Waals surface area contributed by atoms with Crippen molar-refractivity contribution in [3.8, 4) is 11.5 Å². The van der Waals surface area contributed by atoms with Crippen LogP contribution in [0.3, 0.4) is 0 Å². The monoisotopic (exact) mass is 327 g/mol. The minimum atomic E-state index is -0.0413. The van der Waals surface area contributed by atoms with Crippen LogP contribution in [-0.2, 0) is 13.1 Å². The number of rotatable bonds is 5. The van der Waals surface area contributed by atoms with Gasteiger partial charge in [0.1, 0.15) is 11.5 Å². The van der Waals surface area contributed by atoms with Gasteiger partial charge in [0.05, 0.1) is 25.4 Å². The molecule has 8 nitrogen and oxygen atoms in total. The molecule has 1 aromatic heterocycles. The van der Waals surface area contributed by atoms with Gasteiger partial charge in [-0.3, -0.25) is 0 Å². The van der Waals surface area contributed by atoms with Gasteiger partial charge in [-0.05, 0) is 12.1 Å². The Labute approximate surface area is 133 Å². The number of anilines is 3. The smallest absolute Gasteiger partial charge is 0.231 e. The molecule has 0 aliphatic carbocycles. The maximum absolute atomic E-state index is 8.94. The molecule has 1 aromatic carbocycles. The van der Waals surface area contributed by atoms with Gasteiger partial charge in [0.2, 0.25) is 6.79 Å². The number of ether oxygens (including phenoxy) is 2. The lowest BCUT2D eigenvalue weighted by Gasteiger charge is -2.06. The highest BCUT2D eigenvalue weighted by Gasteiger charge is 2.15. The number of fused-ring (bicyclic) bond motifs is 1. The van der Waals surface area contributed by atoms with Crippen molar-refractivity contribution in [2.24, 2.45) is 0 Å². The average molecular weight is 328 g/mol. The molecule has 0 amide bonds. The molecule has 0 saturated carbocycles. The van der Waals surface area contributed by atoms with Gasteiger partial charge >= 0.3 is 0 Å². The quantitative estimate of drug-likeness (QED) is 0.641. The summed E-state index contributed by atoms with van der Waals surface area (Å²) >= 11 is 0. The molecule has 1 aliphatic heterocycles. The summed E-state index contributed by atoms with van der Waals surface area (Å²) in [5.41, 5.74) is 13.7. The van der Waals surface area contributed by atoms with Crippen LogP contribution < -0.4 is 26.3 Å². The Bertz CT molecular complexity index is 661. The van der Waals surface area contributed by atoms with Gasteiger partial charge in [-0.1, -0.05) is 0 Å². The Balaban J connectivity index is 0.00000176. The predicted octanol–water partition coefficient (Wildman–Crippen LogP) is 0.802. The van der Waals surface area contributed by atoms with E-state index in [1.807, 2.05) is 18.2 Å². The molecular weight excluding hydrogens is 310 g/mol. The lowest BCUT2D eigenvalue weighted by Crippen LogP contribution is -2.08. The molecule has 2 heterocycles. The standard InChI is InChI=1S/C13H17N5O3.ClH/c14-12-9(17-18(3-4-19)13(12)15)6-16-8-1-2-10-11(5-8)21-7-20-10;/h1-2,5,16,19H,3-4,6-7,14-15H2;1H. The zero-order valence-corrected chi connectivity index (χ0v) is 12.6. The summed E-state index contributed by atoms with van der Waals surface area (Å²) in [6.45, 7) is 0.947. The molecule has 0 saturated heterocycles. The fourth-order valence-corrected chi connectivity index (χ4v) is 2.13. The van der Waals surface area contributed by atoms with E-state index in [1.165, 1.54) is 4.68 Å². The topological polar surface area (TPSA) is 121 Å². The largest absolute Gasteiger partial charge is 0.454 e. The predicted molar refractivity (Wildman–Crippen MR) is 85.3 cm³/mol. The van der Waals surface area contributed by atoms with Gasteiger partial charge in [-0.2, -0.15) is 5.10 Å². The summed E-state index contributed by atoms with van der Waals surface area (Å²) in [5.74, 6) is 1.81. The molecule has 0 unspecified atom stereocenters. The molecule has 3 rings (SSSR count). The van der Waals surface area contributed by atoms with E-state index in [1.54, 1.807) is 0 Å². The number of halogens is 1. The molecule has 22 heavy (non-hydrogen) atoms. The van der Waals surface area contributed by atoms with Crippen molar-refractivity contribution < 1.29 is 14.6 Å². The lowest BCUT2D eigenvalue weighted by atomic mass is 10.2. The molecule has 0 radical (unpaired) electrons. The highest BCUT2D eigenvalue weighted by Crippen LogP contribution is 2.34. The van der Waals surface area contributed by atoms with Crippen molar-refractivity contribution in [1.29, 1.82) is 0 Å². The van der Waals surface area contributed by atoms with Crippen LogP contribution in [0.25, 0.3) is 0 Å².